The Bertz CT molecular complexity index is 827. The molecule has 0 aliphatic rings. The molecule has 0 heterocycles. The van der Waals surface area contributed by atoms with Gasteiger partial charge in [0.2, 0.25) is 11.8 Å². The predicted molar refractivity (Wildman–Crippen MR) is 114 cm³/mol. The zero-order valence-corrected chi connectivity index (χ0v) is 17.3. The van der Waals surface area contributed by atoms with E-state index in [4.69, 9.17) is 10.5 Å². The molecule has 2 rings (SSSR count). The maximum absolute atomic E-state index is 12.9. The van der Waals surface area contributed by atoms with Crippen LogP contribution in [0.3, 0.4) is 0 Å². The molecule has 0 radical (unpaired) electrons. The fourth-order valence-corrected chi connectivity index (χ4v) is 2.95. The highest BCUT2D eigenvalue weighted by molar-refractivity contribution is 5.91. The number of nitrogens with one attached hydrogen (secondary N) is 2. The summed E-state index contributed by atoms with van der Waals surface area (Å²) >= 11 is 0. The van der Waals surface area contributed by atoms with Gasteiger partial charge >= 0.3 is 6.09 Å². The lowest BCUT2D eigenvalue weighted by Crippen LogP contribution is -2.55. The van der Waals surface area contributed by atoms with Crippen LogP contribution in [0.2, 0.25) is 0 Å². The first-order valence-electron chi connectivity index (χ1n) is 10.0. The van der Waals surface area contributed by atoms with Crippen LogP contribution >= 0.6 is 0 Å². The van der Waals surface area contributed by atoms with Crippen LogP contribution in [0.15, 0.2) is 60.7 Å². The fraction of sp³-hybridized carbons (Fsp3) is 0.348. The Hall–Kier alpha value is -3.35. The van der Waals surface area contributed by atoms with Crippen molar-refractivity contribution in [1.29, 1.82) is 0 Å². The van der Waals surface area contributed by atoms with E-state index in [2.05, 4.69) is 10.6 Å². The van der Waals surface area contributed by atoms with Crippen LogP contribution in [0.5, 0.6) is 0 Å². The van der Waals surface area contributed by atoms with Gasteiger partial charge in [-0.2, -0.15) is 0 Å². The standard InChI is InChI=1S/C23H29N3O4/c1-3-16(2)20(21(24)27)26-22(28)19(14-17-10-6-4-7-11-17)25-23(29)30-15-18-12-8-5-9-13-18/h4-13,16,19-20H,3,14-15H2,1-2H3,(H2,24,27)(H,25,29)(H,26,28)/t16-,19-,20-/m0/s1. The SMILES string of the molecule is CC[C@H](C)[C@H](NC(=O)[C@H](Cc1ccccc1)NC(=O)OCc1ccccc1)C(N)=O. The summed E-state index contributed by atoms with van der Waals surface area (Å²) < 4.78 is 5.25. The van der Waals surface area contributed by atoms with Gasteiger partial charge in [-0.15, -0.1) is 0 Å². The van der Waals surface area contributed by atoms with Crippen molar-refractivity contribution in [2.24, 2.45) is 11.7 Å². The minimum Gasteiger partial charge on any atom is -0.445 e. The molecule has 7 nitrogen and oxygen atoms in total. The molecule has 0 aliphatic carbocycles. The number of carbonyl (C=O) groups excluding carboxylic acids is 3. The summed E-state index contributed by atoms with van der Waals surface area (Å²) in [6.07, 6.45) is 0.206. The van der Waals surface area contributed by atoms with E-state index in [-0.39, 0.29) is 18.9 Å². The number of hydrogen-bond acceptors (Lipinski definition) is 4. The minimum atomic E-state index is -0.915. The third kappa shape index (κ3) is 7.24. The average Bonchev–Trinajstić information content (AvgIpc) is 2.76. The molecule has 0 unspecified atom stereocenters. The molecule has 0 saturated heterocycles. The Morgan fingerprint density at radius 2 is 1.50 bits per heavy atom. The van der Waals surface area contributed by atoms with Crippen molar-refractivity contribution in [1.82, 2.24) is 10.6 Å². The van der Waals surface area contributed by atoms with Gasteiger partial charge in [0.1, 0.15) is 18.7 Å². The molecule has 30 heavy (non-hydrogen) atoms. The lowest BCUT2D eigenvalue weighted by atomic mass is 9.97. The molecule has 0 aliphatic heterocycles. The van der Waals surface area contributed by atoms with Crippen LogP contribution in [0.25, 0.3) is 0 Å². The van der Waals surface area contributed by atoms with Crippen molar-refractivity contribution in [2.75, 3.05) is 0 Å². The molecule has 7 heteroatoms. The van der Waals surface area contributed by atoms with Gasteiger partial charge in [0.25, 0.3) is 0 Å². The molecule has 0 bridgehead atoms. The molecule has 0 aromatic heterocycles. The molecular formula is C23H29N3O4. The average molecular weight is 412 g/mol. The number of ether oxygens (including phenoxy) is 1. The molecule has 4 N–H and O–H groups in total. The Labute approximate surface area is 177 Å². The summed E-state index contributed by atoms with van der Waals surface area (Å²) in [4.78, 5) is 37.0. The number of hydrogen-bond donors (Lipinski definition) is 3. The van der Waals surface area contributed by atoms with Crippen molar-refractivity contribution < 1.29 is 19.1 Å². The van der Waals surface area contributed by atoms with Gasteiger partial charge in [0.05, 0.1) is 0 Å². The van der Waals surface area contributed by atoms with Crippen molar-refractivity contribution in [3.8, 4) is 0 Å². The van der Waals surface area contributed by atoms with Crippen molar-refractivity contribution in [3.05, 3.63) is 71.8 Å². The predicted octanol–water partition coefficient (Wildman–Crippen LogP) is 2.54. The third-order valence-electron chi connectivity index (χ3n) is 4.92. The summed E-state index contributed by atoms with van der Waals surface area (Å²) in [5.74, 6) is -1.23. The number of benzene rings is 2. The lowest BCUT2D eigenvalue weighted by molar-refractivity contribution is -0.129. The molecule has 3 amide bonds. The van der Waals surface area contributed by atoms with Gasteiger partial charge in [-0.1, -0.05) is 80.9 Å². The summed E-state index contributed by atoms with van der Waals surface area (Å²) in [7, 11) is 0. The first kappa shape index (κ1) is 22.9. The first-order valence-corrected chi connectivity index (χ1v) is 10.0. The van der Waals surface area contributed by atoms with Crippen LogP contribution < -0.4 is 16.4 Å². The van der Waals surface area contributed by atoms with Crippen molar-refractivity contribution in [3.63, 3.8) is 0 Å². The normalized spacial score (nSPS) is 13.5. The van der Waals surface area contributed by atoms with Gasteiger partial charge in [0, 0.05) is 6.42 Å². The van der Waals surface area contributed by atoms with Gasteiger partial charge in [-0.05, 0) is 17.0 Å². The largest absolute Gasteiger partial charge is 0.445 e. The highest BCUT2D eigenvalue weighted by Crippen LogP contribution is 2.10. The van der Waals surface area contributed by atoms with E-state index in [1.807, 2.05) is 74.5 Å². The quantitative estimate of drug-likeness (QED) is 0.558. The van der Waals surface area contributed by atoms with Gasteiger partial charge in [-0.3, -0.25) is 9.59 Å². The zero-order chi connectivity index (χ0) is 21.9. The summed E-state index contributed by atoms with van der Waals surface area (Å²) in [5, 5.41) is 5.29. The Balaban J connectivity index is 2.08. The van der Waals surface area contributed by atoms with E-state index >= 15 is 0 Å². The monoisotopic (exact) mass is 411 g/mol. The third-order valence-corrected chi connectivity index (χ3v) is 4.92. The Morgan fingerprint density at radius 3 is 2.03 bits per heavy atom. The zero-order valence-electron chi connectivity index (χ0n) is 17.3. The van der Waals surface area contributed by atoms with Gasteiger partial charge in [-0.25, -0.2) is 4.79 Å². The molecule has 2 aromatic rings. The number of primary amides is 1. The fourth-order valence-electron chi connectivity index (χ4n) is 2.95. The number of carbonyl (C=O) groups is 3. The van der Waals surface area contributed by atoms with Crippen LogP contribution in [0.4, 0.5) is 4.79 Å². The molecule has 0 spiro atoms. The van der Waals surface area contributed by atoms with E-state index in [0.29, 0.717) is 6.42 Å². The maximum Gasteiger partial charge on any atom is 0.408 e. The van der Waals surface area contributed by atoms with E-state index in [9.17, 15) is 14.4 Å². The Morgan fingerprint density at radius 1 is 0.933 bits per heavy atom. The number of rotatable bonds is 10. The van der Waals surface area contributed by atoms with Crippen molar-refractivity contribution in [2.45, 2.75) is 45.4 Å². The number of alkyl carbamates (subject to hydrolysis) is 1. The summed E-state index contributed by atoms with van der Waals surface area (Å²) in [5.41, 5.74) is 7.16. The smallest absolute Gasteiger partial charge is 0.408 e. The second-order valence-electron chi connectivity index (χ2n) is 7.22. The highest BCUT2D eigenvalue weighted by atomic mass is 16.5. The van der Waals surface area contributed by atoms with Crippen LogP contribution in [0, 0.1) is 5.92 Å². The van der Waals surface area contributed by atoms with Crippen LogP contribution in [-0.4, -0.2) is 30.0 Å². The highest BCUT2D eigenvalue weighted by Gasteiger charge is 2.29. The van der Waals surface area contributed by atoms with Gasteiger partial charge in [0.15, 0.2) is 0 Å². The number of nitrogens with two attached hydrogens (primary N) is 1. The number of amides is 3. The molecule has 160 valence electrons. The van der Waals surface area contributed by atoms with E-state index < -0.39 is 30.0 Å². The maximum atomic E-state index is 12.9. The summed E-state index contributed by atoms with van der Waals surface area (Å²) in [6.45, 7) is 3.83. The second-order valence-corrected chi connectivity index (χ2v) is 7.22. The molecule has 0 saturated carbocycles. The minimum absolute atomic E-state index is 0.0864. The lowest BCUT2D eigenvalue weighted by Gasteiger charge is -2.25. The van der Waals surface area contributed by atoms with Crippen LogP contribution in [0.1, 0.15) is 31.4 Å². The molecule has 3 atom stereocenters. The topological polar surface area (TPSA) is 111 Å². The van der Waals surface area contributed by atoms with Gasteiger partial charge < -0.3 is 21.1 Å². The molecular weight excluding hydrogens is 382 g/mol. The Kier molecular flexibility index (Phi) is 8.87. The van der Waals surface area contributed by atoms with E-state index in [1.165, 1.54) is 0 Å². The molecule has 2 aromatic carbocycles. The first-order chi connectivity index (χ1) is 14.4. The second kappa shape index (κ2) is 11.6. The van der Waals surface area contributed by atoms with Crippen LogP contribution in [-0.2, 0) is 27.4 Å². The van der Waals surface area contributed by atoms with E-state index in [0.717, 1.165) is 11.1 Å². The van der Waals surface area contributed by atoms with E-state index in [1.54, 1.807) is 0 Å². The molecule has 0 fully saturated rings. The van der Waals surface area contributed by atoms with Crippen molar-refractivity contribution >= 4 is 17.9 Å². The summed E-state index contributed by atoms with van der Waals surface area (Å²) in [6, 6.07) is 16.8.